The number of rotatable bonds is 1. The quantitative estimate of drug-likeness (QED) is 0.649. The highest BCUT2D eigenvalue weighted by Crippen LogP contribution is 2.30. The molecule has 3 nitrogen and oxygen atoms in total. The molecule has 1 heterocycles. The maximum Gasteiger partial charge on any atom is 0.222 e. The van der Waals surface area contributed by atoms with Crippen molar-refractivity contribution >= 4 is 21.8 Å². The first-order valence-corrected chi connectivity index (χ1v) is 4.85. The van der Waals surface area contributed by atoms with Gasteiger partial charge in [-0.3, -0.25) is 0 Å². The van der Waals surface area contributed by atoms with E-state index in [2.05, 4.69) is 25.6 Å². The van der Waals surface area contributed by atoms with Crippen LogP contribution < -0.4 is 5.73 Å². The van der Waals surface area contributed by atoms with Gasteiger partial charge in [0.1, 0.15) is 5.69 Å². The topological polar surface area (TPSA) is 52.0 Å². The van der Waals surface area contributed by atoms with Gasteiger partial charge in [-0.1, -0.05) is 5.16 Å². The maximum atomic E-state index is 13.4. The second-order valence-corrected chi connectivity index (χ2v) is 3.82. The Morgan fingerprint density at radius 1 is 1.12 bits per heavy atom. The third kappa shape index (κ3) is 1.67. The van der Waals surface area contributed by atoms with Gasteiger partial charge >= 0.3 is 0 Å². The molecule has 2 aromatic rings. The van der Waals surface area contributed by atoms with Crippen molar-refractivity contribution in [2.45, 2.75) is 0 Å². The molecule has 84 valence electrons. The predicted molar refractivity (Wildman–Crippen MR) is 53.9 cm³/mol. The summed E-state index contributed by atoms with van der Waals surface area (Å²) in [6.45, 7) is 0. The van der Waals surface area contributed by atoms with Crippen molar-refractivity contribution in [2.24, 2.45) is 0 Å². The van der Waals surface area contributed by atoms with E-state index < -0.39 is 17.5 Å². The van der Waals surface area contributed by atoms with E-state index in [0.717, 1.165) is 6.07 Å². The number of anilines is 1. The molecule has 0 aliphatic carbocycles. The number of aromatic nitrogens is 1. The van der Waals surface area contributed by atoms with Crippen LogP contribution in [0.2, 0.25) is 0 Å². The summed E-state index contributed by atoms with van der Waals surface area (Å²) in [4.78, 5) is 0. The van der Waals surface area contributed by atoms with Crippen molar-refractivity contribution in [1.29, 1.82) is 0 Å². The zero-order valence-corrected chi connectivity index (χ0v) is 9.19. The van der Waals surface area contributed by atoms with Gasteiger partial charge < -0.3 is 10.3 Å². The first-order chi connectivity index (χ1) is 7.50. The fourth-order valence-electron chi connectivity index (χ4n) is 1.18. The number of benzene rings is 1. The standard InChI is InChI=1S/C9H4BrF3N2O/c10-4-1-3(5-2-6(14)16-15-5)7(11)9(13)8(4)12/h1-2H,14H2. The fourth-order valence-corrected chi connectivity index (χ4v) is 1.58. The lowest BCUT2D eigenvalue weighted by atomic mass is 10.1. The van der Waals surface area contributed by atoms with E-state index in [1.807, 2.05) is 0 Å². The van der Waals surface area contributed by atoms with Gasteiger partial charge in [-0.05, 0) is 22.0 Å². The summed E-state index contributed by atoms with van der Waals surface area (Å²) < 4.78 is 43.7. The minimum absolute atomic E-state index is 0.00500. The molecule has 2 N–H and O–H groups in total. The second kappa shape index (κ2) is 3.82. The van der Waals surface area contributed by atoms with Gasteiger partial charge in [0, 0.05) is 11.6 Å². The molecule has 0 amide bonds. The molecule has 0 saturated carbocycles. The molecular weight excluding hydrogens is 289 g/mol. The Bertz CT molecular complexity index is 556. The summed E-state index contributed by atoms with van der Waals surface area (Å²) in [5, 5.41) is 3.41. The van der Waals surface area contributed by atoms with Crippen LogP contribution in [0.3, 0.4) is 0 Å². The van der Waals surface area contributed by atoms with E-state index >= 15 is 0 Å². The molecule has 0 fully saturated rings. The summed E-state index contributed by atoms with van der Waals surface area (Å²) in [7, 11) is 0. The highest BCUT2D eigenvalue weighted by Gasteiger charge is 2.20. The number of nitrogens with zero attached hydrogens (tertiary/aromatic N) is 1. The minimum atomic E-state index is -1.58. The van der Waals surface area contributed by atoms with E-state index in [-0.39, 0.29) is 21.6 Å². The first-order valence-electron chi connectivity index (χ1n) is 4.06. The van der Waals surface area contributed by atoms with Crippen molar-refractivity contribution in [3.63, 3.8) is 0 Å². The molecule has 2 rings (SSSR count). The van der Waals surface area contributed by atoms with Gasteiger partial charge in [0.2, 0.25) is 5.88 Å². The van der Waals surface area contributed by atoms with Crippen molar-refractivity contribution in [3.05, 3.63) is 34.1 Å². The van der Waals surface area contributed by atoms with Crippen LogP contribution in [-0.4, -0.2) is 5.16 Å². The third-order valence-corrected chi connectivity index (χ3v) is 2.48. The summed E-state index contributed by atoms with van der Waals surface area (Å²) in [6.07, 6.45) is 0. The fraction of sp³-hybridized carbons (Fsp3) is 0. The molecule has 16 heavy (non-hydrogen) atoms. The predicted octanol–water partition coefficient (Wildman–Crippen LogP) is 3.10. The Morgan fingerprint density at radius 3 is 2.38 bits per heavy atom. The van der Waals surface area contributed by atoms with Crippen LogP contribution in [0.15, 0.2) is 21.1 Å². The van der Waals surface area contributed by atoms with Gasteiger partial charge in [0.15, 0.2) is 17.5 Å². The number of nitrogens with two attached hydrogens (primary N) is 1. The van der Waals surface area contributed by atoms with Crippen LogP contribution in [0.1, 0.15) is 0 Å². The normalized spacial score (nSPS) is 10.8. The van der Waals surface area contributed by atoms with Crippen molar-refractivity contribution in [1.82, 2.24) is 5.16 Å². The highest BCUT2D eigenvalue weighted by molar-refractivity contribution is 9.10. The average molecular weight is 293 g/mol. The minimum Gasteiger partial charge on any atom is -0.368 e. The van der Waals surface area contributed by atoms with Gasteiger partial charge in [-0.25, -0.2) is 13.2 Å². The van der Waals surface area contributed by atoms with Gasteiger partial charge in [0.05, 0.1) is 4.47 Å². The van der Waals surface area contributed by atoms with Crippen molar-refractivity contribution in [3.8, 4) is 11.3 Å². The number of nitrogen functional groups attached to an aromatic ring is 1. The third-order valence-electron chi connectivity index (χ3n) is 1.91. The van der Waals surface area contributed by atoms with Gasteiger partial charge in [-0.15, -0.1) is 0 Å². The SMILES string of the molecule is Nc1cc(-c2cc(Br)c(F)c(F)c2F)no1. The lowest BCUT2D eigenvalue weighted by Gasteiger charge is -2.03. The molecule has 7 heteroatoms. The Kier molecular flexibility index (Phi) is 2.63. The molecule has 0 atom stereocenters. The summed E-state index contributed by atoms with van der Waals surface area (Å²) in [5.74, 6) is -4.26. The largest absolute Gasteiger partial charge is 0.368 e. The molecule has 1 aromatic heterocycles. The van der Waals surface area contributed by atoms with Crippen LogP contribution in [0.4, 0.5) is 19.1 Å². The van der Waals surface area contributed by atoms with E-state index in [9.17, 15) is 13.2 Å². The molecule has 0 spiro atoms. The van der Waals surface area contributed by atoms with Crippen LogP contribution in [-0.2, 0) is 0 Å². The zero-order chi connectivity index (χ0) is 11.9. The molecule has 1 aromatic carbocycles. The van der Waals surface area contributed by atoms with Gasteiger partial charge in [-0.2, -0.15) is 0 Å². The lowest BCUT2D eigenvalue weighted by Crippen LogP contribution is -1.95. The van der Waals surface area contributed by atoms with Gasteiger partial charge in [0.25, 0.3) is 0 Å². The Morgan fingerprint density at radius 2 is 1.81 bits per heavy atom. The lowest BCUT2D eigenvalue weighted by molar-refractivity contribution is 0.433. The van der Waals surface area contributed by atoms with Crippen LogP contribution in [0.25, 0.3) is 11.3 Å². The molecule has 0 unspecified atom stereocenters. The average Bonchev–Trinajstić information content (AvgIpc) is 2.67. The molecule has 0 aliphatic heterocycles. The second-order valence-electron chi connectivity index (χ2n) is 2.96. The molecular formula is C9H4BrF3N2O. The zero-order valence-electron chi connectivity index (χ0n) is 7.60. The van der Waals surface area contributed by atoms with Crippen LogP contribution >= 0.6 is 15.9 Å². The summed E-state index contributed by atoms with van der Waals surface area (Å²) in [5.41, 5.74) is 5.01. The van der Waals surface area contributed by atoms with Crippen molar-refractivity contribution < 1.29 is 17.7 Å². The number of hydrogen-bond donors (Lipinski definition) is 1. The summed E-state index contributed by atoms with van der Waals surface area (Å²) >= 11 is 2.76. The monoisotopic (exact) mass is 292 g/mol. The Balaban J connectivity index is 2.66. The maximum absolute atomic E-state index is 13.4. The molecule has 0 aliphatic rings. The molecule has 0 saturated heterocycles. The van der Waals surface area contributed by atoms with E-state index in [1.54, 1.807) is 0 Å². The van der Waals surface area contributed by atoms with E-state index in [0.29, 0.717) is 0 Å². The summed E-state index contributed by atoms with van der Waals surface area (Å²) in [6, 6.07) is 2.27. The smallest absolute Gasteiger partial charge is 0.222 e. The molecule has 0 radical (unpaired) electrons. The molecule has 0 bridgehead atoms. The van der Waals surface area contributed by atoms with E-state index in [4.69, 9.17) is 5.73 Å². The highest BCUT2D eigenvalue weighted by atomic mass is 79.9. The van der Waals surface area contributed by atoms with Crippen LogP contribution in [0, 0.1) is 17.5 Å². The Labute approximate surface area is 96.2 Å². The van der Waals surface area contributed by atoms with Crippen molar-refractivity contribution in [2.75, 3.05) is 5.73 Å². The Hall–Kier alpha value is -1.50. The first kappa shape index (κ1) is 11.0. The number of hydrogen-bond acceptors (Lipinski definition) is 3. The van der Waals surface area contributed by atoms with E-state index in [1.165, 1.54) is 6.07 Å². The number of halogens is 4. The van der Waals surface area contributed by atoms with Crippen LogP contribution in [0.5, 0.6) is 0 Å².